The Morgan fingerprint density at radius 3 is 2.83 bits per heavy atom. The molecule has 0 atom stereocenters. The average molecular weight is 462 g/mol. The van der Waals surface area contributed by atoms with Gasteiger partial charge in [-0.3, -0.25) is 9.39 Å². The van der Waals surface area contributed by atoms with Crippen LogP contribution in [0.3, 0.4) is 0 Å². The van der Waals surface area contributed by atoms with Crippen molar-refractivity contribution >= 4 is 57.6 Å². The Balaban J connectivity index is 0.00000192. The lowest BCUT2D eigenvalue weighted by molar-refractivity contribution is 0.779. The van der Waals surface area contributed by atoms with Gasteiger partial charge in [0.15, 0.2) is 10.9 Å². The fourth-order valence-electron chi connectivity index (χ4n) is 2.09. The topological polar surface area (TPSA) is 66.6 Å². The smallest absolute Gasteiger partial charge is 0.193 e. The van der Waals surface area contributed by atoms with E-state index >= 15 is 0 Å². The predicted octanol–water partition coefficient (Wildman–Crippen LogP) is 2.69. The Hall–Kier alpha value is -1.20. The van der Waals surface area contributed by atoms with Crippen LogP contribution in [0.1, 0.15) is 16.4 Å². The number of aromatic nitrogens is 3. The molecule has 0 spiro atoms. The number of rotatable bonds is 5. The zero-order chi connectivity index (χ0) is 15.4. The summed E-state index contributed by atoms with van der Waals surface area (Å²) in [6.45, 7) is 3.49. The van der Waals surface area contributed by atoms with Crippen molar-refractivity contribution in [1.82, 2.24) is 25.0 Å². The first-order chi connectivity index (χ1) is 10.7. The first-order valence-electron chi connectivity index (χ1n) is 7.01. The molecule has 3 aromatic rings. The highest BCUT2D eigenvalue weighted by Gasteiger charge is 2.04. The van der Waals surface area contributed by atoms with Crippen molar-refractivity contribution in [1.29, 1.82) is 0 Å². The highest BCUT2D eigenvalue weighted by atomic mass is 127. The number of guanidine groups is 1. The fourth-order valence-corrected chi connectivity index (χ4v) is 3.45. The molecule has 3 aromatic heterocycles. The zero-order valence-corrected chi connectivity index (χ0v) is 16.9. The third-order valence-electron chi connectivity index (χ3n) is 3.14. The molecule has 0 aliphatic heterocycles. The highest BCUT2D eigenvalue weighted by molar-refractivity contribution is 14.0. The zero-order valence-electron chi connectivity index (χ0n) is 12.9. The molecule has 0 radical (unpaired) electrons. The van der Waals surface area contributed by atoms with E-state index in [0.717, 1.165) is 40.3 Å². The largest absolute Gasteiger partial charge is 0.356 e. The molecule has 124 valence electrons. The number of nitrogens with one attached hydrogen (secondary N) is 2. The quantitative estimate of drug-likeness (QED) is 0.348. The molecule has 0 bridgehead atoms. The molecule has 9 heteroatoms. The molecule has 0 saturated heterocycles. The first kappa shape index (κ1) is 18.1. The third-order valence-corrected chi connectivity index (χ3v) is 4.74. The Bertz CT molecular complexity index is 747. The van der Waals surface area contributed by atoms with E-state index in [1.54, 1.807) is 29.7 Å². The summed E-state index contributed by atoms with van der Waals surface area (Å²) in [5.74, 6) is 0.781. The van der Waals surface area contributed by atoms with E-state index in [4.69, 9.17) is 0 Å². The summed E-state index contributed by atoms with van der Waals surface area (Å²) in [6.07, 6.45) is 4.94. The maximum atomic E-state index is 4.54. The number of hydrogen-bond acceptors (Lipinski definition) is 5. The van der Waals surface area contributed by atoms with E-state index in [2.05, 4.69) is 31.0 Å². The Morgan fingerprint density at radius 1 is 1.26 bits per heavy atom. The van der Waals surface area contributed by atoms with Gasteiger partial charge in [-0.2, -0.15) is 0 Å². The third kappa shape index (κ3) is 4.88. The van der Waals surface area contributed by atoms with Gasteiger partial charge in [-0.15, -0.1) is 46.7 Å². The molecule has 2 N–H and O–H groups in total. The number of aliphatic imine (C=N–C) groups is 1. The Morgan fingerprint density at radius 2 is 2.13 bits per heavy atom. The van der Waals surface area contributed by atoms with E-state index in [1.165, 1.54) is 0 Å². The van der Waals surface area contributed by atoms with E-state index in [0.29, 0.717) is 6.54 Å². The van der Waals surface area contributed by atoms with Gasteiger partial charge in [-0.25, -0.2) is 9.97 Å². The molecule has 3 rings (SSSR count). The van der Waals surface area contributed by atoms with Crippen molar-refractivity contribution in [2.24, 2.45) is 4.99 Å². The molecule has 23 heavy (non-hydrogen) atoms. The number of aryl methyl sites for hydroxylation is 1. The van der Waals surface area contributed by atoms with Crippen LogP contribution in [0, 0.1) is 6.92 Å². The SMILES string of the molecule is CN=C(NCCc1csc(C)n1)NCc1cn2ccsc2n1.I. The summed E-state index contributed by atoms with van der Waals surface area (Å²) in [5.41, 5.74) is 2.13. The van der Waals surface area contributed by atoms with Crippen LogP contribution < -0.4 is 10.6 Å². The normalized spacial score (nSPS) is 11.5. The van der Waals surface area contributed by atoms with E-state index in [9.17, 15) is 0 Å². The number of nitrogens with zero attached hydrogens (tertiary/aromatic N) is 4. The van der Waals surface area contributed by atoms with Crippen molar-refractivity contribution in [2.75, 3.05) is 13.6 Å². The number of hydrogen-bond donors (Lipinski definition) is 2. The molecule has 0 aliphatic rings. The van der Waals surface area contributed by atoms with Gasteiger partial charge in [0.05, 0.1) is 22.9 Å². The molecular weight excluding hydrogens is 443 g/mol. The van der Waals surface area contributed by atoms with Crippen molar-refractivity contribution in [3.63, 3.8) is 0 Å². The number of thiazole rings is 2. The summed E-state index contributed by atoms with van der Waals surface area (Å²) in [7, 11) is 1.77. The molecule has 0 aliphatic carbocycles. The van der Waals surface area contributed by atoms with Gasteiger partial charge in [0, 0.05) is 43.2 Å². The van der Waals surface area contributed by atoms with Crippen molar-refractivity contribution in [2.45, 2.75) is 19.9 Å². The summed E-state index contributed by atoms with van der Waals surface area (Å²) in [6, 6.07) is 0. The minimum absolute atomic E-state index is 0. The maximum absolute atomic E-state index is 4.54. The van der Waals surface area contributed by atoms with Crippen LogP contribution in [0.5, 0.6) is 0 Å². The molecular formula is C14H19IN6S2. The minimum Gasteiger partial charge on any atom is -0.356 e. The second-order valence-electron chi connectivity index (χ2n) is 4.79. The standard InChI is InChI=1S/C14H18N6S2.HI/c1-10-18-11(9-22-10)3-4-16-13(15-2)17-7-12-8-20-5-6-21-14(20)19-12;/h5-6,8-9H,3-4,7H2,1-2H3,(H2,15,16,17);1H. The Kier molecular flexibility index (Phi) is 6.78. The van der Waals surface area contributed by atoms with Gasteiger partial charge in [0.2, 0.25) is 0 Å². The van der Waals surface area contributed by atoms with Crippen LogP contribution in [-0.4, -0.2) is 33.9 Å². The van der Waals surface area contributed by atoms with Crippen LogP contribution in [0.2, 0.25) is 0 Å². The highest BCUT2D eigenvalue weighted by Crippen LogP contribution is 2.11. The summed E-state index contributed by atoms with van der Waals surface area (Å²) in [5, 5.41) is 11.8. The van der Waals surface area contributed by atoms with Gasteiger partial charge >= 0.3 is 0 Å². The van der Waals surface area contributed by atoms with Crippen LogP contribution >= 0.6 is 46.7 Å². The predicted molar refractivity (Wildman–Crippen MR) is 107 cm³/mol. The molecule has 6 nitrogen and oxygen atoms in total. The first-order valence-corrected chi connectivity index (χ1v) is 8.77. The minimum atomic E-state index is 0. The van der Waals surface area contributed by atoms with Gasteiger partial charge in [-0.1, -0.05) is 0 Å². The van der Waals surface area contributed by atoms with Crippen LogP contribution in [0.4, 0.5) is 0 Å². The van der Waals surface area contributed by atoms with Gasteiger partial charge in [0.25, 0.3) is 0 Å². The number of imidazole rings is 1. The molecule has 0 saturated carbocycles. The molecule has 0 unspecified atom stereocenters. The molecule has 3 heterocycles. The van der Waals surface area contributed by atoms with Crippen molar-refractivity contribution in [3.05, 3.63) is 39.5 Å². The van der Waals surface area contributed by atoms with Crippen LogP contribution in [0.15, 0.2) is 28.1 Å². The lowest BCUT2D eigenvalue weighted by Crippen LogP contribution is -2.37. The summed E-state index contributed by atoms with van der Waals surface area (Å²) < 4.78 is 2.03. The van der Waals surface area contributed by atoms with E-state index in [1.807, 2.05) is 29.1 Å². The lowest BCUT2D eigenvalue weighted by atomic mass is 10.3. The van der Waals surface area contributed by atoms with Crippen molar-refractivity contribution in [3.8, 4) is 0 Å². The molecule has 0 fully saturated rings. The molecule has 0 aromatic carbocycles. The second-order valence-corrected chi connectivity index (χ2v) is 6.72. The lowest BCUT2D eigenvalue weighted by Gasteiger charge is -2.10. The number of fused-ring (bicyclic) bond motifs is 1. The summed E-state index contributed by atoms with van der Waals surface area (Å²) in [4.78, 5) is 14.2. The molecule has 0 amide bonds. The van der Waals surface area contributed by atoms with E-state index in [-0.39, 0.29) is 24.0 Å². The van der Waals surface area contributed by atoms with Gasteiger partial charge < -0.3 is 10.6 Å². The van der Waals surface area contributed by atoms with Gasteiger partial charge in [0.1, 0.15) is 0 Å². The average Bonchev–Trinajstić information content (AvgIpc) is 3.18. The summed E-state index contributed by atoms with van der Waals surface area (Å²) >= 11 is 3.32. The monoisotopic (exact) mass is 462 g/mol. The van der Waals surface area contributed by atoms with Crippen LogP contribution in [-0.2, 0) is 13.0 Å². The van der Waals surface area contributed by atoms with E-state index < -0.39 is 0 Å². The van der Waals surface area contributed by atoms with Crippen LogP contribution in [0.25, 0.3) is 4.96 Å². The fraction of sp³-hybridized carbons (Fsp3) is 0.357. The Labute approximate surface area is 160 Å². The van der Waals surface area contributed by atoms with Gasteiger partial charge in [-0.05, 0) is 6.92 Å². The number of halogens is 1. The van der Waals surface area contributed by atoms with Crippen molar-refractivity contribution < 1.29 is 0 Å². The second kappa shape index (κ2) is 8.60. The maximum Gasteiger partial charge on any atom is 0.193 e.